The van der Waals surface area contributed by atoms with Crippen molar-refractivity contribution in [3.05, 3.63) is 29.1 Å². The van der Waals surface area contributed by atoms with Crippen LogP contribution in [-0.4, -0.2) is 21.0 Å². The van der Waals surface area contributed by atoms with E-state index in [2.05, 4.69) is 0 Å². The molecule has 106 valence electrons. The second kappa shape index (κ2) is 5.88. The van der Waals surface area contributed by atoms with Crippen LogP contribution in [0.5, 0.6) is 0 Å². The first-order valence-corrected chi connectivity index (χ1v) is 7.85. The number of ether oxygens (including phenoxy) is 1. The predicted octanol–water partition coefficient (Wildman–Crippen LogP) is 2.87. The highest BCUT2D eigenvalue weighted by Gasteiger charge is 2.22. The van der Waals surface area contributed by atoms with Crippen molar-refractivity contribution in [1.29, 1.82) is 0 Å². The highest BCUT2D eigenvalue weighted by atomic mass is 35.7. The topological polar surface area (TPSA) is 60.4 Å². The Morgan fingerprint density at radius 3 is 2.47 bits per heavy atom. The minimum Gasteiger partial charge on any atom is -0.462 e. The summed E-state index contributed by atoms with van der Waals surface area (Å²) in [6.45, 7) is 5.24. The van der Waals surface area contributed by atoms with Crippen molar-refractivity contribution < 1.29 is 22.3 Å². The lowest BCUT2D eigenvalue weighted by atomic mass is 10.1. The van der Waals surface area contributed by atoms with Gasteiger partial charge in [0.15, 0.2) is 0 Å². The monoisotopic (exact) mass is 308 g/mol. The lowest BCUT2D eigenvalue weighted by Crippen LogP contribution is -2.13. The van der Waals surface area contributed by atoms with E-state index in [1.807, 2.05) is 13.8 Å². The summed E-state index contributed by atoms with van der Waals surface area (Å²) < 4.78 is 40.9. The molecular weight excluding hydrogens is 295 g/mol. The quantitative estimate of drug-likeness (QED) is 0.634. The van der Waals surface area contributed by atoms with E-state index in [-0.39, 0.29) is 23.7 Å². The number of hydrogen-bond donors (Lipinski definition) is 0. The number of carbonyl (C=O) groups excluding carboxylic acids is 1. The van der Waals surface area contributed by atoms with Crippen LogP contribution in [0.4, 0.5) is 4.39 Å². The van der Waals surface area contributed by atoms with Gasteiger partial charge in [-0.05, 0) is 30.5 Å². The van der Waals surface area contributed by atoms with Crippen LogP contribution in [-0.2, 0) is 13.8 Å². The highest BCUT2D eigenvalue weighted by Crippen LogP contribution is 2.24. The fraction of sp³-hybridized carbons (Fsp3) is 0.417. The summed E-state index contributed by atoms with van der Waals surface area (Å²) in [7, 11) is 1.07. The zero-order valence-electron chi connectivity index (χ0n) is 10.7. The first-order valence-electron chi connectivity index (χ1n) is 5.55. The Morgan fingerprint density at radius 2 is 2.00 bits per heavy atom. The van der Waals surface area contributed by atoms with Crippen molar-refractivity contribution in [3.8, 4) is 0 Å². The molecular formula is C12H14ClFO4S. The Labute approximate surface area is 115 Å². The van der Waals surface area contributed by atoms with E-state index < -0.39 is 25.7 Å². The molecule has 1 aromatic rings. The number of esters is 1. The van der Waals surface area contributed by atoms with E-state index in [4.69, 9.17) is 15.4 Å². The maximum Gasteiger partial charge on any atom is 0.338 e. The number of carbonyl (C=O) groups is 1. The molecule has 0 unspecified atom stereocenters. The average Bonchev–Trinajstić information content (AvgIpc) is 2.27. The Morgan fingerprint density at radius 1 is 1.42 bits per heavy atom. The molecule has 0 aliphatic heterocycles. The van der Waals surface area contributed by atoms with Crippen LogP contribution in [0.1, 0.15) is 29.8 Å². The summed E-state index contributed by atoms with van der Waals surface area (Å²) in [4.78, 5) is 11.3. The van der Waals surface area contributed by atoms with Crippen molar-refractivity contribution >= 4 is 25.7 Å². The van der Waals surface area contributed by atoms with Crippen molar-refractivity contribution in [1.82, 2.24) is 0 Å². The van der Waals surface area contributed by atoms with Crippen molar-refractivity contribution in [2.75, 3.05) is 6.61 Å². The molecule has 0 spiro atoms. The van der Waals surface area contributed by atoms with Gasteiger partial charge in [-0.3, -0.25) is 0 Å². The van der Waals surface area contributed by atoms with Crippen molar-refractivity contribution in [2.45, 2.75) is 25.7 Å². The lowest BCUT2D eigenvalue weighted by Gasteiger charge is -2.11. The number of halogens is 2. The number of hydrogen-bond acceptors (Lipinski definition) is 4. The number of benzene rings is 1. The van der Waals surface area contributed by atoms with E-state index in [1.54, 1.807) is 0 Å². The van der Waals surface area contributed by atoms with Gasteiger partial charge < -0.3 is 4.74 Å². The summed E-state index contributed by atoms with van der Waals surface area (Å²) >= 11 is 0. The second-order valence-corrected chi connectivity index (χ2v) is 7.04. The standard InChI is InChI=1S/C12H14ClFO4S/c1-7(2)6-18-12(15)10-4-9(14)5-11(8(10)3)19(13,16)17/h4-5,7H,6H2,1-3H3. The summed E-state index contributed by atoms with van der Waals surface area (Å²) in [5.74, 6) is -1.51. The third kappa shape index (κ3) is 4.18. The fourth-order valence-corrected chi connectivity index (χ4v) is 2.65. The van der Waals surface area contributed by atoms with E-state index in [0.29, 0.717) is 0 Å². The van der Waals surface area contributed by atoms with Crippen molar-refractivity contribution in [2.24, 2.45) is 5.92 Å². The summed E-state index contributed by atoms with van der Waals surface area (Å²) in [5, 5.41) is 0. The normalized spacial score (nSPS) is 11.7. The van der Waals surface area contributed by atoms with Crippen LogP contribution >= 0.6 is 10.7 Å². The smallest absolute Gasteiger partial charge is 0.338 e. The minimum atomic E-state index is -4.12. The maximum atomic E-state index is 13.4. The molecule has 0 heterocycles. The molecule has 0 radical (unpaired) electrons. The van der Waals surface area contributed by atoms with E-state index in [1.165, 1.54) is 6.92 Å². The molecule has 0 atom stereocenters. The second-order valence-electron chi connectivity index (χ2n) is 4.51. The summed E-state index contributed by atoms with van der Waals surface area (Å²) in [5.41, 5.74) is -0.0648. The Hall–Kier alpha value is -1.14. The third-order valence-electron chi connectivity index (χ3n) is 2.36. The maximum absolute atomic E-state index is 13.4. The highest BCUT2D eigenvalue weighted by molar-refractivity contribution is 8.13. The summed E-state index contributed by atoms with van der Waals surface area (Å²) in [6, 6.07) is 1.71. The fourth-order valence-electron chi connectivity index (χ4n) is 1.44. The molecule has 7 heteroatoms. The van der Waals surface area contributed by atoms with Gasteiger partial charge in [-0.15, -0.1) is 0 Å². The van der Waals surface area contributed by atoms with Gasteiger partial charge >= 0.3 is 5.97 Å². The Balaban J connectivity index is 3.22. The largest absolute Gasteiger partial charge is 0.462 e. The molecule has 0 N–H and O–H groups in total. The molecule has 19 heavy (non-hydrogen) atoms. The van der Waals surface area contributed by atoms with E-state index in [9.17, 15) is 17.6 Å². The molecule has 0 fully saturated rings. The zero-order chi connectivity index (χ0) is 14.8. The Bertz CT molecular complexity index is 596. The van der Waals surface area contributed by atoms with Gasteiger partial charge in [-0.25, -0.2) is 17.6 Å². The van der Waals surface area contributed by atoms with Crippen LogP contribution in [0.2, 0.25) is 0 Å². The zero-order valence-corrected chi connectivity index (χ0v) is 12.3. The van der Waals surface area contributed by atoms with Gasteiger partial charge in [-0.2, -0.15) is 0 Å². The molecule has 0 bridgehead atoms. The predicted molar refractivity (Wildman–Crippen MR) is 69.3 cm³/mol. The first-order chi connectivity index (χ1) is 8.62. The molecule has 1 aromatic carbocycles. The molecule has 0 aliphatic carbocycles. The summed E-state index contributed by atoms with van der Waals surface area (Å²) in [6.07, 6.45) is 0. The van der Waals surface area contributed by atoms with Gasteiger partial charge in [0.25, 0.3) is 9.05 Å². The molecule has 0 aliphatic rings. The molecule has 0 saturated carbocycles. The minimum absolute atomic E-state index is 0.0742. The van der Waals surface area contributed by atoms with Crippen LogP contribution in [0.3, 0.4) is 0 Å². The third-order valence-corrected chi connectivity index (χ3v) is 3.80. The molecule has 4 nitrogen and oxygen atoms in total. The van der Waals surface area contributed by atoms with Crippen LogP contribution in [0.25, 0.3) is 0 Å². The van der Waals surface area contributed by atoms with Crippen LogP contribution in [0.15, 0.2) is 17.0 Å². The van der Waals surface area contributed by atoms with Gasteiger partial charge in [0.2, 0.25) is 0 Å². The first kappa shape index (κ1) is 15.9. The molecule has 0 amide bonds. The average molecular weight is 309 g/mol. The van der Waals surface area contributed by atoms with Crippen LogP contribution in [0, 0.1) is 18.7 Å². The van der Waals surface area contributed by atoms with Crippen LogP contribution < -0.4 is 0 Å². The van der Waals surface area contributed by atoms with Crippen molar-refractivity contribution in [3.63, 3.8) is 0 Å². The van der Waals surface area contributed by atoms with Gasteiger partial charge in [0.1, 0.15) is 5.82 Å². The molecule has 0 saturated heterocycles. The Kier molecular flexibility index (Phi) is 4.92. The SMILES string of the molecule is Cc1c(C(=O)OCC(C)C)cc(F)cc1S(=O)(=O)Cl. The van der Waals surface area contributed by atoms with E-state index >= 15 is 0 Å². The lowest BCUT2D eigenvalue weighted by molar-refractivity contribution is 0.0457. The molecule has 1 rings (SSSR count). The van der Waals surface area contributed by atoms with Gasteiger partial charge in [0.05, 0.1) is 17.1 Å². The van der Waals surface area contributed by atoms with E-state index in [0.717, 1.165) is 12.1 Å². The number of rotatable bonds is 4. The molecule has 0 aromatic heterocycles. The van der Waals surface area contributed by atoms with Gasteiger partial charge in [0, 0.05) is 10.7 Å². The van der Waals surface area contributed by atoms with Gasteiger partial charge in [-0.1, -0.05) is 13.8 Å².